The molecule has 1 aromatic rings. The molecule has 1 aliphatic carbocycles. The van der Waals surface area contributed by atoms with Gasteiger partial charge in [0.1, 0.15) is 0 Å². The molecule has 0 heterocycles. The normalized spacial score (nSPS) is 17.9. The zero-order valence-corrected chi connectivity index (χ0v) is 11.7. The highest BCUT2D eigenvalue weighted by Gasteiger charge is 2.36. The van der Waals surface area contributed by atoms with Gasteiger partial charge in [0.2, 0.25) is 0 Å². The lowest BCUT2D eigenvalue weighted by molar-refractivity contribution is 0.133. The minimum absolute atomic E-state index is 0.543. The number of hydrogen-bond donors (Lipinski definition) is 1. The van der Waals surface area contributed by atoms with Gasteiger partial charge in [-0.1, -0.05) is 18.6 Å². The van der Waals surface area contributed by atoms with Crippen LogP contribution in [0.2, 0.25) is 0 Å². The standard InChI is InChI=1S/C16H25N/c1-12-8-14(3)15(9-13(12)2)10-16(11-17-4)6-5-7-16/h8-9,17H,5-7,10-11H2,1-4H3. The Balaban J connectivity index is 2.20. The van der Waals surface area contributed by atoms with Gasteiger partial charge >= 0.3 is 0 Å². The number of benzene rings is 1. The average molecular weight is 231 g/mol. The molecule has 1 saturated carbocycles. The van der Waals surface area contributed by atoms with Crippen molar-refractivity contribution in [3.8, 4) is 0 Å². The van der Waals surface area contributed by atoms with Crippen molar-refractivity contribution in [2.45, 2.75) is 46.5 Å². The van der Waals surface area contributed by atoms with E-state index in [1.165, 1.54) is 48.9 Å². The maximum absolute atomic E-state index is 3.38. The fraction of sp³-hybridized carbons (Fsp3) is 0.625. The van der Waals surface area contributed by atoms with E-state index in [0.717, 1.165) is 0 Å². The van der Waals surface area contributed by atoms with Crippen LogP contribution in [0.4, 0.5) is 0 Å². The Morgan fingerprint density at radius 2 is 1.71 bits per heavy atom. The average Bonchev–Trinajstić information content (AvgIpc) is 2.22. The molecule has 2 rings (SSSR count). The Bertz CT molecular complexity index is 402. The molecule has 0 radical (unpaired) electrons. The highest BCUT2D eigenvalue weighted by Crippen LogP contribution is 2.43. The predicted molar refractivity (Wildman–Crippen MR) is 74.6 cm³/mol. The third-order valence-corrected chi connectivity index (χ3v) is 4.48. The van der Waals surface area contributed by atoms with Crippen molar-refractivity contribution in [2.24, 2.45) is 5.41 Å². The van der Waals surface area contributed by atoms with Crippen LogP contribution in [-0.2, 0) is 6.42 Å². The number of rotatable bonds is 4. The first-order valence-electron chi connectivity index (χ1n) is 6.78. The van der Waals surface area contributed by atoms with E-state index in [2.05, 4.69) is 45.3 Å². The molecule has 0 amide bonds. The monoisotopic (exact) mass is 231 g/mol. The first kappa shape index (κ1) is 12.6. The zero-order valence-electron chi connectivity index (χ0n) is 11.7. The summed E-state index contributed by atoms with van der Waals surface area (Å²) in [7, 11) is 2.08. The summed E-state index contributed by atoms with van der Waals surface area (Å²) < 4.78 is 0. The lowest BCUT2D eigenvalue weighted by Crippen LogP contribution is -2.40. The van der Waals surface area contributed by atoms with Crippen molar-refractivity contribution in [2.75, 3.05) is 13.6 Å². The lowest BCUT2D eigenvalue weighted by atomic mass is 9.65. The molecule has 94 valence electrons. The number of aryl methyl sites for hydroxylation is 3. The number of hydrogen-bond acceptors (Lipinski definition) is 1. The quantitative estimate of drug-likeness (QED) is 0.835. The van der Waals surface area contributed by atoms with Crippen molar-refractivity contribution >= 4 is 0 Å². The Morgan fingerprint density at radius 3 is 2.24 bits per heavy atom. The second-order valence-electron chi connectivity index (χ2n) is 5.92. The Kier molecular flexibility index (Phi) is 3.58. The van der Waals surface area contributed by atoms with Gasteiger partial charge in [0.25, 0.3) is 0 Å². The van der Waals surface area contributed by atoms with Gasteiger partial charge in [-0.3, -0.25) is 0 Å². The molecule has 0 aromatic heterocycles. The van der Waals surface area contributed by atoms with Crippen LogP contribution in [0.15, 0.2) is 12.1 Å². The zero-order chi connectivity index (χ0) is 12.5. The van der Waals surface area contributed by atoms with Crippen LogP contribution in [-0.4, -0.2) is 13.6 Å². The lowest BCUT2D eigenvalue weighted by Gasteiger charge is -2.42. The van der Waals surface area contributed by atoms with Crippen molar-refractivity contribution in [1.82, 2.24) is 5.32 Å². The molecule has 0 aliphatic heterocycles. The largest absolute Gasteiger partial charge is 0.319 e. The van der Waals surface area contributed by atoms with Crippen molar-refractivity contribution in [3.05, 3.63) is 34.4 Å². The van der Waals surface area contributed by atoms with E-state index in [0.29, 0.717) is 5.41 Å². The molecule has 1 heteroatoms. The summed E-state index contributed by atoms with van der Waals surface area (Å²) in [6.45, 7) is 7.86. The van der Waals surface area contributed by atoms with Gasteiger partial charge in [-0.05, 0) is 74.8 Å². The molecule has 17 heavy (non-hydrogen) atoms. The molecule has 1 aromatic carbocycles. The van der Waals surface area contributed by atoms with E-state index in [-0.39, 0.29) is 0 Å². The molecule has 0 unspecified atom stereocenters. The van der Waals surface area contributed by atoms with Gasteiger partial charge in [-0.25, -0.2) is 0 Å². The molecule has 1 nitrogen and oxygen atoms in total. The summed E-state index contributed by atoms with van der Waals surface area (Å²) in [5.41, 5.74) is 6.42. The molecular weight excluding hydrogens is 206 g/mol. The molecular formula is C16H25N. The summed E-state index contributed by atoms with van der Waals surface area (Å²) in [4.78, 5) is 0. The summed E-state index contributed by atoms with van der Waals surface area (Å²) >= 11 is 0. The first-order valence-corrected chi connectivity index (χ1v) is 6.78. The fourth-order valence-electron chi connectivity index (χ4n) is 3.08. The maximum atomic E-state index is 3.38. The van der Waals surface area contributed by atoms with E-state index < -0.39 is 0 Å². The van der Waals surface area contributed by atoms with Gasteiger partial charge in [-0.2, -0.15) is 0 Å². The van der Waals surface area contributed by atoms with E-state index in [9.17, 15) is 0 Å². The van der Waals surface area contributed by atoms with E-state index in [1.807, 2.05) is 0 Å². The Morgan fingerprint density at radius 1 is 1.06 bits per heavy atom. The van der Waals surface area contributed by atoms with Crippen molar-refractivity contribution in [1.29, 1.82) is 0 Å². The van der Waals surface area contributed by atoms with Crippen molar-refractivity contribution < 1.29 is 0 Å². The Hall–Kier alpha value is -0.820. The predicted octanol–water partition coefficient (Wildman–Crippen LogP) is 3.54. The van der Waals surface area contributed by atoms with E-state index in [4.69, 9.17) is 0 Å². The molecule has 1 aliphatic rings. The minimum atomic E-state index is 0.543. The molecule has 0 saturated heterocycles. The highest BCUT2D eigenvalue weighted by molar-refractivity contribution is 5.37. The number of nitrogens with one attached hydrogen (secondary N) is 1. The third-order valence-electron chi connectivity index (χ3n) is 4.48. The van der Waals surface area contributed by atoms with Crippen LogP contribution in [0, 0.1) is 26.2 Å². The van der Waals surface area contributed by atoms with Crippen LogP contribution in [0.5, 0.6) is 0 Å². The summed E-state index contributed by atoms with van der Waals surface area (Å²) in [6, 6.07) is 4.75. The van der Waals surface area contributed by atoms with Crippen LogP contribution >= 0.6 is 0 Å². The van der Waals surface area contributed by atoms with Gasteiger partial charge in [0.15, 0.2) is 0 Å². The molecule has 0 atom stereocenters. The fourth-order valence-corrected chi connectivity index (χ4v) is 3.08. The topological polar surface area (TPSA) is 12.0 Å². The van der Waals surface area contributed by atoms with Gasteiger partial charge < -0.3 is 5.32 Å². The molecule has 1 fully saturated rings. The van der Waals surface area contributed by atoms with E-state index >= 15 is 0 Å². The van der Waals surface area contributed by atoms with Gasteiger partial charge in [0.05, 0.1) is 0 Å². The van der Waals surface area contributed by atoms with Crippen LogP contribution in [0.3, 0.4) is 0 Å². The van der Waals surface area contributed by atoms with Gasteiger partial charge in [-0.15, -0.1) is 0 Å². The highest BCUT2D eigenvalue weighted by atomic mass is 14.8. The van der Waals surface area contributed by atoms with Crippen LogP contribution < -0.4 is 5.32 Å². The van der Waals surface area contributed by atoms with Crippen LogP contribution in [0.25, 0.3) is 0 Å². The minimum Gasteiger partial charge on any atom is -0.319 e. The summed E-state index contributed by atoms with van der Waals surface area (Å²) in [5, 5.41) is 3.38. The Labute approximate surface area is 106 Å². The molecule has 1 N–H and O–H groups in total. The summed E-state index contributed by atoms with van der Waals surface area (Å²) in [6.07, 6.45) is 5.44. The SMILES string of the molecule is CNCC1(Cc2cc(C)c(C)cc2C)CCC1. The third kappa shape index (κ3) is 2.55. The molecule has 0 spiro atoms. The van der Waals surface area contributed by atoms with Crippen molar-refractivity contribution in [3.63, 3.8) is 0 Å². The van der Waals surface area contributed by atoms with Gasteiger partial charge in [0, 0.05) is 6.54 Å². The second kappa shape index (κ2) is 4.81. The van der Waals surface area contributed by atoms with Crippen LogP contribution in [0.1, 0.15) is 41.5 Å². The summed E-state index contributed by atoms with van der Waals surface area (Å²) in [5.74, 6) is 0. The van der Waals surface area contributed by atoms with E-state index in [1.54, 1.807) is 5.56 Å². The molecule has 0 bridgehead atoms. The second-order valence-corrected chi connectivity index (χ2v) is 5.92. The maximum Gasteiger partial charge on any atom is 0.000799 e. The first-order chi connectivity index (χ1) is 8.06. The smallest absolute Gasteiger partial charge is 0.000799 e.